The van der Waals surface area contributed by atoms with Crippen molar-refractivity contribution in [1.29, 1.82) is 0 Å². The van der Waals surface area contributed by atoms with Gasteiger partial charge in [-0.15, -0.1) is 0 Å². The molecule has 0 aliphatic rings. The van der Waals surface area contributed by atoms with E-state index in [1.807, 2.05) is 48.5 Å². The highest BCUT2D eigenvalue weighted by Crippen LogP contribution is 2.37. The number of nitrogens with one attached hydrogen (secondary N) is 1. The predicted octanol–water partition coefficient (Wildman–Crippen LogP) is 4.56. The van der Waals surface area contributed by atoms with Crippen LogP contribution >= 0.6 is 0 Å². The second kappa shape index (κ2) is 9.98. The Bertz CT molecular complexity index is 1220. The molecule has 4 aromatic rings. The van der Waals surface area contributed by atoms with Crippen molar-refractivity contribution in [2.45, 2.75) is 23.2 Å². The van der Waals surface area contributed by atoms with Gasteiger partial charge in [0.25, 0.3) is 0 Å². The van der Waals surface area contributed by atoms with E-state index in [4.69, 9.17) is 5.73 Å². The van der Waals surface area contributed by atoms with Crippen LogP contribution in [0.25, 0.3) is 0 Å². The monoisotopic (exact) mass is 457 g/mol. The highest BCUT2D eigenvalue weighted by Gasteiger charge is 2.35. The molecule has 0 amide bonds. The van der Waals surface area contributed by atoms with Crippen molar-refractivity contribution in [1.82, 2.24) is 9.71 Å². The van der Waals surface area contributed by atoms with Crippen molar-refractivity contribution in [3.63, 3.8) is 0 Å². The van der Waals surface area contributed by atoms with Gasteiger partial charge in [0.05, 0.1) is 4.90 Å². The standard InChI is InChI=1S/C27H27N3O2S/c28-25-11-13-26(14-12-25)33(31,32)30-21-27(23-7-3-1-4-8-23,24-9-5-2-6-10-24)18-15-22-16-19-29-20-17-22/h1-14,16-17,19-20,30H,15,18,21,28H2. The minimum Gasteiger partial charge on any atom is -0.399 e. The maximum absolute atomic E-state index is 13.2. The lowest BCUT2D eigenvalue weighted by molar-refractivity contribution is 0.460. The quantitative estimate of drug-likeness (QED) is 0.361. The lowest BCUT2D eigenvalue weighted by Crippen LogP contribution is -2.42. The molecule has 0 unspecified atom stereocenters. The van der Waals surface area contributed by atoms with Gasteiger partial charge in [0.1, 0.15) is 0 Å². The molecule has 0 radical (unpaired) electrons. The summed E-state index contributed by atoms with van der Waals surface area (Å²) in [5, 5.41) is 0. The van der Waals surface area contributed by atoms with Gasteiger partial charge in [-0.2, -0.15) is 0 Å². The largest absolute Gasteiger partial charge is 0.399 e. The van der Waals surface area contributed by atoms with Gasteiger partial charge in [-0.25, -0.2) is 13.1 Å². The van der Waals surface area contributed by atoms with Crippen LogP contribution in [0.15, 0.2) is 114 Å². The average Bonchev–Trinajstić information content (AvgIpc) is 2.86. The van der Waals surface area contributed by atoms with Gasteiger partial charge in [0.2, 0.25) is 10.0 Å². The van der Waals surface area contributed by atoms with Gasteiger partial charge in [0, 0.05) is 30.0 Å². The molecular weight excluding hydrogens is 430 g/mol. The first kappa shape index (κ1) is 22.7. The Morgan fingerprint density at radius 1 is 0.758 bits per heavy atom. The van der Waals surface area contributed by atoms with Crippen LogP contribution in [0.5, 0.6) is 0 Å². The molecule has 0 fully saturated rings. The van der Waals surface area contributed by atoms with Crippen molar-refractivity contribution in [2.24, 2.45) is 0 Å². The van der Waals surface area contributed by atoms with E-state index in [9.17, 15) is 8.42 Å². The number of anilines is 1. The van der Waals surface area contributed by atoms with E-state index in [2.05, 4.69) is 34.0 Å². The SMILES string of the molecule is Nc1ccc(S(=O)(=O)NCC(CCc2ccncc2)(c2ccccc2)c2ccccc2)cc1. The molecule has 0 bridgehead atoms. The van der Waals surface area contributed by atoms with Crippen LogP contribution in [-0.4, -0.2) is 19.9 Å². The van der Waals surface area contributed by atoms with Crippen LogP contribution in [0.3, 0.4) is 0 Å². The molecule has 0 aliphatic carbocycles. The van der Waals surface area contributed by atoms with Crippen molar-refractivity contribution < 1.29 is 8.42 Å². The number of hydrogen-bond donors (Lipinski definition) is 2. The number of sulfonamides is 1. The lowest BCUT2D eigenvalue weighted by atomic mass is 9.71. The number of rotatable bonds is 9. The fraction of sp³-hybridized carbons (Fsp3) is 0.148. The Balaban J connectivity index is 1.74. The fourth-order valence-electron chi connectivity index (χ4n) is 4.12. The molecule has 3 N–H and O–H groups in total. The molecule has 4 rings (SSSR count). The molecule has 168 valence electrons. The maximum atomic E-state index is 13.2. The predicted molar refractivity (Wildman–Crippen MR) is 132 cm³/mol. The molecule has 5 nitrogen and oxygen atoms in total. The molecule has 1 aromatic heterocycles. The van der Waals surface area contributed by atoms with Gasteiger partial charge < -0.3 is 5.73 Å². The van der Waals surface area contributed by atoms with Gasteiger partial charge >= 0.3 is 0 Å². The van der Waals surface area contributed by atoms with Crippen LogP contribution in [0.2, 0.25) is 0 Å². The number of nitrogens with two attached hydrogens (primary N) is 1. The van der Waals surface area contributed by atoms with E-state index >= 15 is 0 Å². The normalized spacial score (nSPS) is 11.9. The Morgan fingerprint density at radius 3 is 1.85 bits per heavy atom. The molecule has 6 heteroatoms. The van der Waals surface area contributed by atoms with E-state index in [0.717, 1.165) is 29.5 Å². The third-order valence-electron chi connectivity index (χ3n) is 6.00. The summed E-state index contributed by atoms with van der Waals surface area (Å²) in [6, 6.07) is 30.4. The molecule has 0 saturated carbocycles. The van der Waals surface area contributed by atoms with E-state index in [-0.39, 0.29) is 11.4 Å². The van der Waals surface area contributed by atoms with E-state index < -0.39 is 15.4 Å². The number of benzene rings is 3. The Kier molecular flexibility index (Phi) is 6.87. The Morgan fingerprint density at radius 2 is 1.30 bits per heavy atom. The summed E-state index contributed by atoms with van der Waals surface area (Å²) in [5.41, 5.74) is 8.98. The number of nitrogens with zero attached hydrogens (tertiary/aromatic N) is 1. The maximum Gasteiger partial charge on any atom is 0.240 e. The zero-order chi connectivity index (χ0) is 23.2. The average molecular weight is 458 g/mol. The minimum absolute atomic E-state index is 0.195. The summed E-state index contributed by atoms with van der Waals surface area (Å²) in [4.78, 5) is 4.31. The second-order valence-electron chi connectivity index (χ2n) is 8.06. The molecule has 3 aromatic carbocycles. The summed E-state index contributed by atoms with van der Waals surface area (Å²) < 4.78 is 29.2. The van der Waals surface area contributed by atoms with Crippen LogP contribution in [0, 0.1) is 0 Å². The molecule has 1 heterocycles. The first-order valence-corrected chi connectivity index (χ1v) is 12.3. The van der Waals surface area contributed by atoms with Crippen LogP contribution < -0.4 is 10.5 Å². The zero-order valence-electron chi connectivity index (χ0n) is 18.3. The fourth-order valence-corrected chi connectivity index (χ4v) is 5.22. The first-order valence-electron chi connectivity index (χ1n) is 10.8. The molecule has 0 spiro atoms. The molecule has 33 heavy (non-hydrogen) atoms. The number of pyridine rings is 1. The van der Waals surface area contributed by atoms with E-state index in [1.54, 1.807) is 24.5 Å². The Hall–Kier alpha value is -3.48. The third-order valence-corrected chi connectivity index (χ3v) is 7.41. The summed E-state index contributed by atoms with van der Waals surface area (Å²) >= 11 is 0. The molecular formula is C27H27N3O2S. The number of hydrogen-bond acceptors (Lipinski definition) is 4. The molecule has 0 saturated heterocycles. The van der Waals surface area contributed by atoms with Crippen LogP contribution in [-0.2, 0) is 21.9 Å². The van der Waals surface area contributed by atoms with Gasteiger partial charge in [0.15, 0.2) is 0 Å². The van der Waals surface area contributed by atoms with Crippen LogP contribution in [0.1, 0.15) is 23.1 Å². The Labute approximate surface area is 195 Å². The number of nitrogen functional groups attached to an aromatic ring is 1. The lowest BCUT2D eigenvalue weighted by Gasteiger charge is -2.36. The third kappa shape index (κ3) is 5.30. The molecule has 0 atom stereocenters. The van der Waals surface area contributed by atoms with Crippen molar-refractivity contribution in [3.8, 4) is 0 Å². The smallest absolute Gasteiger partial charge is 0.240 e. The van der Waals surface area contributed by atoms with Gasteiger partial charge in [-0.1, -0.05) is 60.7 Å². The van der Waals surface area contributed by atoms with Crippen molar-refractivity contribution in [3.05, 3.63) is 126 Å². The van der Waals surface area contributed by atoms with E-state index in [1.165, 1.54) is 12.1 Å². The van der Waals surface area contributed by atoms with E-state index in [0.29, 0.717) is 5.69 Å². The van der Waals surface area contributed by atoms with Crippen LogP contribution in [0.4, 0.5) is 5.69 Å². The zero-order valence-corrected chi connectivity index (χ0v) is 19.1. The van der Waals surface area contributed by atoms with Gasteiger partial charge in [-0.05, 0) is 65.9 Å². The first-order chi connectivity index (χ1) is 16.0. The summed E-state index contributed by atoms with van der Waals surface area (Å²) in [5.74, 6) is 0. The summed E-state index contributed by atoms with van der Waals surface area (Å²) in [7, 11) is -3.72. The summed E-state index contributed by atoms with van der Waals surface area (Å²) in [6.45, 7) is 0.221. The topological polar surface area (TPSA) is 85.1 Å². The second-order valence-corrected chi connectivity index (χ2v) is 9.83. The number of aryl methyl sites for hydroxylation is 1. The number of aromatic nitrogens is 1. The van der Waals surface area contributed by atoms with Gasteiger partial charge in [-0.3, -0.25) is 4.98 Å². The van der Waals surface area contributed by atoms with Crippen molar-refractivity contribution >= 4 is 15.7 Å². The minimum atomic E-state index is -3.72. The summed E-state index contributed by atoms with van der Waals surface area (Å²) in [6.07, 6.45) is 5.06. The molecule has 0 aliphatic heterocycles. The van der Waals surface area contributed by atoms with Crippen molar-refractivity contribution in [2.75, 3.05) is 12.3 Å². The highest BCUT2D eigenvalue weighted by molar-refractivity contribution is 7.89. The highest BCUT2D eigenvalue weighted by atomic mass is 32.2.